The van der Waals surface area contributed by atoms with Gasteiger partial charge in [-0.05, 0) is 20.8 Å². The minimum absolute atomic E-state index is 0.213. The largest absolute Gasteiger partial charge is 0.479 e. The van der Waals surface area contributed by atoms with Gasteiger partial charge in [-0.1, -0.05) is 0 Å². The normalized spacial score (nSPS) is 24.6. The number of carbonyl (C=O) groups is 2. The molecule has 2 unspecified atom stereocenters. The molecule has 1 aromatic rings. The van der Waals surface area contributed by atoms with E-state index in [2.05, 4.69) is 4.98 Å². The first kappa shape index (κ1) is 14.0. The molecular weight excluding hydrogens is 268 g/mol. The van der Waals surface area contributed by atoms with Gasteiger partial charge in [-0.3, -0.25) is 4.79 Å². The van der Waals surface area contributed by atoms with Gasteiger partial charge in [0.05, 0.1) is 11.2 Å². The van der Waals surface area contributed by atoms with Gasteiger partial charge in [0.25, 0.3) is 0 Å². The van der Waals surface area contributed by atoms with Crippen LogP contribution >= 0.6 is 11.3 Å². The van der Waals surface area contributed by atoms with E-state index in [4.69, 9.17) is 4.74 Å². The van der Waals surface area contributed by atoms with Crippen LogP contribution in [0.5, 0.6) is 0 Å². The number of hydrogen-bond donors (Lipinski definition) is 1. The van der Waals surface area contributed by atoms with Gasteiger partial charge in [0, 0.05) is 10.9 Å². The standard InChI is InChI=1S/C12H16N2O4S/c1-12(2,3)14-8(15)4-18-10(11(16)17)9(14)7-5-19-6-13-7/h5-6,9-10H,4H2,1-3H3,(H,16,17). The van der Waals surface area contributed by atoms with Crippen molar-refractivity contribution in [3.63, 3.8) is 0 Å². The van der Waals surface area contributed by atoms with Gasteiger partial charge in [0.15, 0.2) is 6.10 Å². The summed E-state index contributed by atoms with van der Waals surface area (Å²) in [5.41, 5.74) is 1.68. The highest BCUT2D eigenvalue weighted by atomic mass is 32.1. The monoisotopic (exact) mass is 284 g/mol. The first-order valence-corrected chi connectivity index (χ1v) is 6.81. The van der Waals surface area contributed by atoms with Crippen LogP contribution in [-0.4, -0.2) is 45.1 Å². The second-order valence-corrected chi connectivity index (χ2v) is 6.08. The smallest absolute Gasteiger partial charge is 0.335 e. The van der Waals surface area contributed by atoms with E-state index in [0.717, 1.165) is 0 Å². The van der Waals surface area contributed by atoms with E-state index in [1.807, 2.05) is 20.8 Å². The topological polar surface area (TPSA) is 79.7 Å². The molecule has 1 aromatic heterocycles. The van der Waals surface area contributed by atoms with Crippen LogP contribution in [0.1, 0.15) is 32.5 Å². The number of aliphatic carboxylic acids is 1. The number of amides is 1. The Kier molecular flexibility index (Phi) is 3.60. The number of morpholine rings is 1. The number of nitrogens with zero attached hydrogens (tertiary/aromatic N) is 2. The minimum atomic E-state index is -1.08. The number of carbonyl (C=O) groups excluding carboxylic acids is 1. The maximum Gasteiger partial charge on any atom is 0.335 e. The fraction of sp³-hybridized carbons (Fsp3) is 0.583. The van der Waals surface area contributed by atoms with Gasteiger partial charge in [0.1, 0.15) is 12.6 Å². The Balaban J connectivity index is 2.47. The lowest BCUT2D eigenvalue weighted by atomic mass is 9.96. The first-order chi connectivity index (χ1) is 8.82. The molecule has 7 heteroatoms. The maximum atomic E-state index is 12.1. The minimum Gasteiger partial charge on any atom is -0.479 e. The molecule has 1 N–H and O–H groups in total. The zero-order valence-corrected chi connectivity index (χ0v) is 11.8. The van der Waals surface area contributed by atoms with E-state index in [1.54, 1.807) is 15.8 Å². The molecule has 1 aliphatic rings. The SMILES string of the molecule is CC(C)(C)N1C(=O)COC(C(=O)O)C1c1cscn1. The van der Waals surface area contributed by atoms with E-state index >= 15 is 0 Å². The third kappa shape index (κ3) is 2.62. The summed E-state index contributed by atoms with van der Waals surface area (Å²) in [7, 11) is 0. The fourth-order valence-corrected chi connectivity index (χ4v) is 2.85. The number of rotatable bonds is 2. The predicted molar refractivity (Wildman–Crippen MR) is 68.8 cm³/mol. The average Bonchev–Trinajstić information content (AvgIpc) is 2.79. The van der Waals surface area contributed by atoms with Crippen LogP contribution in [0.25, 0.3) is 0 Å². The summed E-state index contributed by atoms with van der Waals surface area (Å²) in [6.07, 6.45) is -1.08. The van der Waals surface area contributed by atoms with Crippen molar-refractivity contribution < 1.29 is 19.4 Å². The van der Waals surface area contributed by atoms with Crippen molar-refractivity contribution in [1.82, 2.24) is 9.88 Å². The van der Waals surface area contributed by atoms with Crippen LogP contribution in [0.2, 0.25) is 0 Å². The Morgan fingerprint density at radius 3 is 2.74 bits per heavy atom. The number of thiazole rings is 1. The van der Waals surface area contributed by atoms with Crippen molar-refractivity contribution in [3.05, 3.63) is 16.6 Å². The van der Waals surface area contributed by atoms with Crippen molar-refractivity contribution in [2.75, 3.05) is 6.61 Å². The van der Waals surface area contributed by atoms with Gasteiger partial charge in [0.2, 0.25) is 5.91 Å². The third-order valence-electron chi connectivity index (χ3n) is 2.94. The highest BCUT2D eigenvalue weighted by Crippen LogP contribution is 2.35. The predicted octanol–water partition coefficient (Wildman–Crippen LogP) is 1.29. The highest BCUT2D eigenvalue weighted by Gasteiger charge is 2.46. The lowest BCUT2D eigenvalue weighted by Gasteiger charge is -2.45. The van der Waals surface area contributed by atoms with Gasteiger partial charge < -0.3 is 14.7 Å². The van der Waals surface area contributed by atoms with Crippen molar-refractivity contribution in [2.24, 2.45) is 0 Å². The molecule has 0 radical (unpaired) electrons. The lowest BCUT2D eigenvalue weighted by molar-refractivity contribution is -0.180. The zero-order chi connectivity index (χ0) is 14.2. The van der Waals surface area contributed by atoms with Crippen molar-refractivity contribution in [1.29, 1.82) is 0 Å². The van der Waals surface area contributed by atoms with Crippen LogP contribution in [0.15, 0.2) is 10.9 Å². The molecule has 0 aromatic carbocycles. The Hall–Kier alpha value is -1.47. The molecule has 0 saturated carbocycles. The third-order valence-corrected chi connectivity index (χ3v) is 3.55. The second kappa shape index (κ2) is 4.90. The molecule has 19 heavy (non-hydrogen) atoms. The highest BCUT2D eigenvalue weighted by molar-refractivity contribution is 7.07. The molecular formula is C12H16N2O4S. The van der Waals surface area contributed by atoms with Gasteiger partial charge in [-0.25, -0.2) is 9.78 Å². The Morgan fingerprint density at radius 1 is 1.58 bits per heavy atom. The van der Waals surface area contributed by atoms with E-state index in [-0.39, 0.29) is 12.5 Å². The number of carboxylic acids is 1. The van der Waals surface area contributed by atoms with E-state index in [1.165, 1.54) is 11.3 Å². The zero-order valence-electron chi connectivity index (χ0n) is 11.0. The number of hydrogen-bond acceptors (Lipinski definition) is 5. The summed E-state index contributed by atoms with van der Waals surface area (Å²) in [6, 6.07) is -0.690. The second-order valence-electron chi connectivity index (χ2n) is 5.36. The Labute approximate surface area is 115 Å². The summed E-state index contributed by atoms with van der Waals surface area (Å²) in [6.45, 7) is 5.40. The summed E-state index contributed by atoms with van der Waals surface area (Å²) in [5.74, 6) is -1.30. The summed E-state index contributed by atoms with van der Waals surface area (Å²) in [5, 5.41) is 11.0. The molecule has 0 aliphatic carbocycles. The Morgan fingerprint density at radius 2 is 2.26 bits per heavy atom. The molecule has 1 aliphatic heterocycles. The number of ether oxygens (including phenoxy) is 1. The van der Waals surface area contributed by atoms with Crippen molar-refractivity contribution in [3.8, 4) is 0 Å². The molecule has 2 atom stereocenters. The van der Waals surface area contributed by atoms with Crippen molar-refractivity contribution in [2.45, 2.75) is 38.5 Å². The number of carboxylic acid groups (broad SMARTS) is 1. The van der Waals surface area contributed by atoms with Gasteiger partial charge in [-0.15, -0.1) is 11.3 Å². The van der Waals surface area contributed by atoms with Gasteiger partial charge >= 0.3 is 5.97 Å². The van der Waals surface area contributed by atoms with E-state index in [9.17, 15) is 14.7 Å². The molecule has 1 fully saturated rings. The molecule has 104 valence electrons. The molecule has 2 heterocycles. The van der Waals surface area contributed by atoms with E-state index in [0.29, 0.717) is 5.69 Å². The Bertz CT molecular complexity index is 480. The molecule has 0 bridgehead atoms. The van der Waals surface area contributed by atoms with Gasteiger partial charge in [-0.2, -0.15) is 0 Å². The summed E-state index contributed by atoms with van der Waals surface area (Å²) < 4.78 is 5.19. The first-order valence-electron chi connectivity index (χ1n) is 5.87. The maximum absolute atomic E-state index is 12.1. The molecule has 6 nitrogen and oxygen atoms in total. The molecule has 0 spiro atoms. The lowest BCUT2D eigenvalue weighted by Crippen LogP contribution is -2.58. The van der Waals surface area contributed by atoms with Crippen LogP contribution in [0.4, 0.5) is 0 Å². The number of aromatic nitrogens is 1. The molecule has 1 amide bonds. The fourth-order valence-electron chi connectivity index (χ4n) is 2.27. The van der Waals surface area contributed by atoms with Crippen LogP contribution in [0, 0.1) is 0 Å². The quantitative estimate of drug-likeness (QED) is 0.885. The van der Waals surface area contributed by atoms with Crippen LogP contribution in [0.3, 0.4) is 0 Å². The van der Waals surface area contributed by atoms with E-state index < -0.39 is 23.7 Å². The van der Waals surface area contributed by atoms with Crippen LogP contribution < -0.4 is 0 Å². The molecule has 1 saturated heterocycles. The average molecular weight is 284 g/mol. The summed E-state index contributed by atoms with van der Waals surface area (Å²) >= 11 is 1.36. The van der Waals surface area contributed by atoms with Crippen molar-refractivity contribution >= 4 is 23.2 Å². The van der Waals surface area contributed by atoms with Crippen LogP contribution in [-0.2, 0) is 14.3 Å². The summed E-state index contributed by atoms with van der Waals surface area (Å²) in [4.78, 5) is 29.2. The molecule has 2 rings (SSSR count).